The van der Waals surface area contributed by atoms with Gasteiger partial charge in [0.05, 0.1) is 0 Å². The Hall–Kier alpha value is -0.340. The summed E-state index contributed by atoms with van der Waals surface area (Å²) < 4.78 is 1.19. The number of hydrogen-bond donors (Lipinski definition) is 1. The monoisotopic (exact) mass is 241 g/mol. The van der Waals surface area contributed by atoms with Crippen LogP contribution in [0.25, 0.3) is 0 Å². The van der Waals surface area contributed by atoms with Crippen LogP contribution in [0.1, 0.15) is 25.8 Å². The molecule has 2 heteroatoms. The van der Waals surface area contributed by atoms with Crippen LogP contribution in [0.2, 0.25) is 0 Å². The van der Waals surface area contributed by atoms with Crippen LogP contribution in [0.5, 0.6) is 0 Å². The summed E-state index contributed by atoms with van der Waals surface area (Å²) in [5, 5.41) is 3.46. The van der Waals surface area contributed by atoms with Gasteiger partial charge in [0.15, 0.2) is 0 Å². The summed E-state index contributed by atoms with van der Waals surface area (Å²) in [4.78, 5) is 0. The van der Waals surface area contributed by atoms with E-state index in [1.54, 1.807) is 0 Å². The Kier molecular flexibility index (Phi) is 4.46. The Morgan fingerprint density at radius 2 is 2.08 bits per heavy atom. The SMILES string of the molecule is CC[C@@H](C)NCc1ccccc1Br. The van der Waals surface area contributed by atoms with Crippen molar-refractivity contribution in [3.05, 3.63) is 34.3 Å². The number of rotatable bonds is 4. The molecule has 0 heterocycles. The Labute approximate surface area is 88.7 Å². The first-order chi connectivity index (χ1) is 6.24. The van der Waals surface area contributed by atoms with Gasteiger partial charge >= 0.3 is 0 Å². The predicted molar refractivity (Wildman–Crippen MR) is 60.7 cm³/mol. The summed E-state index contributed by atoms with van der Waals surface area (Å²) in [7, 11) is 0. The van der Waals surface area contributed by atoms with Crippen molar-refractivity contribution < 1.29 is 0 Å². The molecule has 0 unspecified atom stereocenters. The summed E-state index contributed by atoms with van der Waals surface area (Å²) in [6.07, 6.45) is 1.17. The average Bonchev–Trinajstić information content (AvgIpc) is 2.16. The minimum Gasteiger partial charge on any atom is -0.310 e. The lowest BCUT2D eigenvalue weighted by Crippen LogP contribution is -2.24. The second kappa shape index (κ2) is 5.40. The summed E-state index contributed by atoms with van der Waals surface area (Å²) in [6.45, 7) is 5.34. The van der Waals surface area contributed by atoms with E-state index in [2.05, 4.69) is 53.3 Å². The first-order valence-electron chi connectivity index (χ1n) is 4.70. The molecule has 72 valence electrons. The maximum atomic E-state index is 3.53. The van der Waals surface area contributed by atoms with Crippen molar-refractivity contribution in [3.63, 3.8) is 0 Å². The van der Waals surface area contributed by atoms with Crippen LogP contribution in [0, 0.1) is 0 Å². The second-order valence-electron chi connectivity index (χ2n) is 3.28. The van der Waals surface area contributed by atoms with E-state index in [0.29, 0.717) is 6.04 Å². The van der Waals surface area contributed by atoms with Gasteiger partial charge in [-0.15, -0.1) is 0 Å². The van der Waals surface area contributed by atoms with Crippen LogP contribution in [-0.2, 0) is 6.54 Å². The van der Waals surface area contributed by atoms with E-state index in [0.717, 1.165) is 6.54 Å². The first kappa shape index (κ1) is 10.7. The van der Waals surface area contributed by atoms with Gasteiger partial charge in [0.25, 0.3) is 0 Å². The van der Waals surface area contributed by atoms with E-state index in [9.17, 15) is 0 Å². The molecule has 1 aromatic rings. The molecule has 0 aliphatic rings. The molecule has 0 aromatic heterocycles. The molecule has 13 heavy (non-hydrogen) atoms. The summed E-state index contributed by atoms with van der Waals surface area (Å²) in [5.74, 6) is 0. The fourth-order valence-corrected chi connectivity index (χ4v) is 1.50. The number of benzene rings is 1. The van der Waals surface area contributed by atoms with Gasteiger partial charge in [-0.25, -0.2) is 0 Å². The lowest BCUT2D eigenvalue weighted by atomic mass is 10.2. The van der Waals surface area contributed by atoms with E-state index in [1.807, 2.05) is 6.07 Å². The van der Waals surface area contributed by atoms with E-state index < -0.39 is 0 Å². The van der Waals surface area contributed by atoms with Crippen LogP contribution in [0.4, 0.5) is 0 Å². The van der Waals surface area contributed by atoms with Gasteiger partial charge in [-0.05, 0) is 25.0 Å². The highest BCUT2D eigenvalue weighted by Crippen LogP contribution is 2.15. The highest BCUT2D eigenvalue weighted by Gasteiger charge is 2.00. The molecular weight excluding hydrogens is 226 g/mol. The lowest BCUT2D eigenvalue weighted by molar-refractivity contribution is 0.533. The molecule has 1 aromatic carbocycles. The summed E-state index contributed by atoms with van der Waals surface area (Å²) in [6, 6.07) is 8.91. The molecule has 1 rings (SSSR count). The minimum atomic E-state index is 0.590. The molecule has 0 saturated carbocycles. The van der Waals surface area contributed by atoms with Gasteiger partial charge in [0, 0.05) is 17.1 Å². The van der Waals surface area contributed by atoms with E-state index >= 15 is 0 Å². The standard InChI is InChI=1S/C11H16BrN/c1-3-9(2)13-8-10-6-4-5-7-11(10)12/h4-7,9,13H,3,8H2,1-2H3/t9-/m1/s1. The van der Waals surface area contributed by atoms with Gasteiger partial charge in [0.1, 0.15) is 0 Å². The van der Waals surface area contributed by atoms with Crippen LogP contribution >= 0.6 is 15.9 Å². The summed E-state index contributed by atoms with van der Waals surface area (Å²) >= 11 is 3.53. The zero-order valence-electron chi connectivity index (χ0n) is 8.18. The average molecular weight is 242 g/mol. The Balaban J connectivity index is 2.50. The van der Waals surface area contributed by atoms with E-state index in [-0.39, 0.29) is 0 Å². The number of hydrogen-bond acceptors (Lipinski definition) is 1. The third-order valence-electron chi connectivity index (χ3n) is 2.21. The fraction of sp³-hybridized carbons (Fsp3) is 0.455. The van der Waals surface area contributed by atoms with Crippen molar-refractivity contribution in [2.24, 2.45) is 0 Å². The van der Waals surface area contributed by atoms with Crippen LogP contribution < -0.4 is 5.32 Å². The third kappa shape index (κ3) is 3.49. The minimum absolute atomic E-state index is 0.590. The Morgan fingerprint density at radius 3 is 2.69 bits per heavy atom. The van der Waals surface area contributed by atoms with Gasteiger partial charge < -0.3 is 5.32 Å². The number of nitrogens with one attached hydrogen (secondary N) is 1. The number of halogens is 1. The van der Waals surface area contributed by atoms with Gasteiger partial charge in [-0.3, -0.25) is 0 Å². The molecule has 0 radical (unpaired) electrons. The van der Waals surface area contributed by atoms with Crippen LogP contribution in [0.15, 0.2) is 28.7 Å². The smallest absolute Gasteiger partial charge is 0.0220 e. The molecule has 0 bridgehead atoms. The maximum Gasteiger partial charge on any atom is 0.0220 e. The molecule has 1 nitrogen and oxygen atoms in total. The normalized spacial score (nSPS) is 12.8. The molecular formula is C11H16BrN. The van der Waals surface area contributed by atoms with Crippen molar-refractivity contribution >= 4 is 15.9 Å². The van der Waals surface area contributed by atoms with Crippen molar-refractivity contribution in [1.82, 2.24) is 5.32 Å². The van der Waals surface area contributed by atoms with Crippen molar-refractivity contribution in [3.8, 4) is 0 Å². The van der Waals surface area contributed by atoms with Gasteiger partial charge in [-0.1, -0.05) is 41.1 Å². The summed E-state index contributed by atoms with van der Waals surface area (Å²) in [5.41, 5.74) is 1.32. The zero-order chi connectivity index (χ0) is 9.68. The first-order valence-corrected chi connectivity index (χ1v) is 5.50. The Bertz CT molecular complexity index is 260. The van der Waals surface area contributed by atoms with Crippen molar-refractivity contribution in [2.45, 2.75) is 32.9 Å². The molecule has 0 saturated heterocycles. The lowest BCUT2D eigenvalue weighted by Gasteiger charge is -2.11. The van der Waals surface area contributed by atoms with Gasteiger partial charge in [0.2, 0.25) is 0 Å². The van der Waals surface area contributed by atoms with Crippen LogP contribution in [0.3, 0.4) is 0 Å². The molecule has 0 amide bonds. The van der Waals surface area contributed by atoms with Crippen LogP contribution in [-0.4, -0.2) is 6.04 Å². The van der Waals surface area contributed by atoms with Crippen molar-refractivity contribution in [1.29, 1.82) is 0 Å². The fourth-order valence-electron chi connectivity index (χ4n) is 1.07. The van der Waals surface area contributed by atoms with E-state index in [4.69, 9.17) is 0 Å². The topological polar surface area (TPSA) is 12.0 Å². The third-order valence-corrected chi connectivity index (χ3v) is 2.98. The maximum absolute atomic E-state index is 3.53. The highest BCUT2D eigenvalue weighted by molar-refractivity contribution is 9.10. The van der Waals surface area contributed by atoms with Crippen molar-refractivity contribution in [2.75, 3.05) is 0 Å². The Morgan fingerprint density at radius 1 is 1.38 bits per heavy atom. The largest absolute Gasteiger partial charge is 0.310 e. The zero-order valence-corrected chi connectivity index (χ0v) is 9.76. The predicted octanol–water partition coefficient (Wildman–Crippen LogP) is 3.34. The van der Waals surface area contributed by atoms with Gasteiger partial charge in [-0.2, -0.15) is 0 Å². The molecule has 0 spiro atoms. The second-order valence-corrected chi connectivity index (χ2v) is 4.14. The van der Waals surface area contributed by atoms with E-state index in [1.165, 1.54) is 16.5 Å². The highest BCUT2D eigenvalue weighted by atomic mass is 79.9. The molecule has 1 atom stereocenters. The molecule has 1 N–H and O–H groups in total. The quantitative estimate of drug-likeness (QED) is 0.853. The molecule has 0 aliphatic carbocycles. The molecule has 0 fully saturated rings. The molecule has 0 aliphatic heterocycles.